The van der Waals surface area contributed by atoms with Gasteiger partial charge in [0.05, 0.1) is 28.6 Å². The highest BCUT2D eigenvalue weighted by Gasteiger charge is 2.23. The van der Waals surface area contributed by atoms with Crippen molar-refractivity contribution in [1.29, 1.82) is 5.41 Å². The molecule has 158 valence electrons. The molecule has 1 aromatic carbocycles. The van der Waals surface area contributed by atoms with Crippen LogP contribution in [0.3, 0.4) is 0 Å². The number of methoxy groups -OCH3 is 1. The summed E-state index contributed by atoms with van der Waals surface area (Å²) in [7, 11) is 1.61. The van der Waals surface area contributed by atoms with Gasteiger partial charge in [-0.15, -0.1) is 11.3 Å². The van der Waals surface area contributed by atoms with E-state index in [0.717, 1.165) is 42.8 Å². The van der Waals surface area contributed by atoms with Crippen molar-refractivity contribution in [2.45, 2.75) is 18.9 Å². The van der Waals surface area contributed by atoms with Crippen molar-refractivity contribution in [1.82, 2.24) is 15.7 Å². The number of likely N-dealkylation sites (tertiary alicyclic amines) is 1. The van der Waals surface area contributed by atoms with Crippen molar-refractivity contribution < 1.29 is 14.4 Å². The van der Waals surface area contributed by atoms with Crippen LogP contribution in [0.2, 0.25) is 4.34 Å². The third-order valence-electron chi connectivity index (χ3n) is 5.12. The van der Waals surface area contributed by atoms with E-state index in [1.165, 1.54) is 11.3 Å². The van der Waals surface area contributed by atoms with Crippen LogP contribution in [0.1, 0.15) is 33.6 Å². The lowest BCUT2D eigenvalue weighted by Gasteiger charge is -2.19. The highest BCUT2D eigenvalue weighted by atomic mass is 35.5. The molecule has 1 aromatic heterocycles. The molecule has 1 atom stereocenters. The number of carbonyl (C=O) groups excluding carboxylic acids is 1. The van der Waals surface area contributed by atoms with Gasteiger partial charge in [-0.1, -0.05) is 17.7 Å². The number of rotatable bonds is 6. The minimum absolute atomic E-state index is 0.181. The summed E-state index contributed by atoms with van der Waals surface area (Å²) < 4.78 is 6.15. The van der Waals surface area contributed by atoms with E-state index in [-0.39, 0.29) is 12.0 Å². The lowest BCUT2D eigenvalue weighted by atomic mass is 10.1. The van der Waals surface area contributed by atoms with Crippen LogP contribution in [0.4, 0.5) is 0 Å². The van der Waals surface area contributed by atoms with Gasteiger partial charge >= 0.3 is 0 Å². The second kappa shape index (κ2) is 9.07. The third kappa shape index (κ3) is 4.45. The Morgan fingerprint density at radius 3 is 2.87 bits per heavy atom. The van der Waals surface area contributed by atoms with Gasteiger partial charge in [0.2, 0.25) is 0 Å². The quantitative estimate of drug-likeness (QED) is 0.467. The van der Waals surface area contributed by atoms with Crippen LogP contribution in [-0.2, 0) is 4.84 Å². The van der Waals surface area contributed by atoms with Gasteiger partial charge in [0.1, 0.15) is 17.7 Å². The molecule has 1 fully saturated rings. The molecule has 0 aliphatic carbocycles. The maximum Gasteiger partial charge on any atom is 0.261 e. The van der Waals surface area contributed by atoms with Gasteiger partial charge in [0.25, 0.3) is 5.91 Å². The highest BCUT2D eigenvalue weighted by Crippen LogP contribution is 2.29. The molecule has 4 rings (SSSR count). The zero-order valence-corrected chi connectivity index (χ0v) is 18.1. The van der Waals surface area contributed by atoms with Crippen LogP contribution in [0.25, 0.3) is 5.70 Å². The molecule has 1 saturated heterocycles. The smallest absolute Gasteiger partial charge is 0.261 e. The molecule has 2 aliphatic rings. The zero-order chi connectivity index (χ0) is 21.1. The van der Waals surface area contributed by atoms with Crippen LogP contribution >= 0.6 is 22.9 Å². The standard InChI is InChI=1S/C21H23ClN4O3S/c1-28-17-10-13(20(23)26-8-2-3-9-26)4-5-15(17)16-11-14(29-25-16)12-24-21(27)18-6-7-19(22)30-18/h4-7,10-11,14,23,25H,2-3,8-9,12H2,1H3,(H,24,27). The third-order valence-corrected chi connectivity index (χ3v) is 6.35. The van der Waals surface area contributed by atoms with Gasteiger partial charge in [-0.3, -0.25) is 20.5 Å². The fourth-order valence-electron chi connectivity index (χ4n) is 3.54. The molecular weight excluding hydrogens is 424 g/mol. The predicted octanol–water partition coefficient (Wildman–Crippen LogP) is 3.51. The Balaban J connectivity index is 1.43. The fourth-order valence-corrected chi connectivity index (χ4v) is 4.50. The van der Waals surface area contributed by atoms with E-state index in [0.29, 0.717) is 27.3 Å². The normalized spacial score (nSPS) is 18.1. The largest absolute Gasteiger partial charge is 0.496 e. The van der Waals surface area contributed by atoms with E-state index in [1.54, 1.807) is 19.2 Å². The Morgan fingerprint density at radius 1 is 1.37 bits per heavy atom. The Hall–Kier alpha value is -2.55. The average molecular weight is 447 g/mol. The van der Waals surface area contributed by atoms with Crippen LogP contribution < -0.4 is 15.5 Å². The van der Waals surface area contributed by atoms with Crippen molar-refractivity contribution in [2.75, 3.05) is 26.7 Å². The fraction of sp³-hybridized carbons (Fsp3) is 0.333. The van der Waals surface area contributed by atoms with Crippen molar-refractivity contribution in [3.63, 3.8) is 0 Å². The number of carbonyl (C=O) groups is 1. The zero-order valence-electron chi connectivity index (χ0n) is 16.5. The minimum Gasteiger partial charge on any atom is -0.496 e. The molecule has 2 aliphatic heterocycles. The van der Waals surface area contributed by atoms with Crippen LogP contribution in [0, 0.1) is 5.41 Å². The van der Waals surface area contributed by atoms with Crippen LogP contribution in [0.5, 0.6) is 5.75 Å². The Morgan fingerprint density at radius 2 is 2.17 bits per heavy atom. The summed E-state index contributed by atoms with van der Waals surface area (Å²) in [6, 6.07) is 9.13. The number of amidine groups is 1. The molecule has 0 bridgehead atoms. The number of hydrogen-bond donors (Lipinski definition) is 3. The lowest BCUT2D eigenvalue weighted by Crippen LogP contribution is -2.31. The van der Waals surface area contributed by atoms with Gasteiger partial charge in [-0.25, -0.2) is 0 Å². The van der Waals surface area contributed by atoms with Crippen LogP contribution in [-0.4, -0.2) is 49.5 Å². The Labute approximate surface area is 184 Å². The van der Waals surface area contributed by atoms with Gasteiger partial charge in [0, 0.05) is 24.2 Å². The summed E-state index contributed by atoms with van der Waals surface area (Å²) in [5, 5.41) is 11.3. The number of hydrogen-bond acceptors (Lipinski definition) is 6. The first-order valence-corrected chi connectivity index (χ1v) is 10.9. The second-order valence-electron chi connectivity index (χ2n) is 7.11. The highest BCUT2D eigenvalue weighted by molar-refractivity contribution is 7.18. The second-order valence-corrected chi connectivity index (χ2v) is 8.83. The van der Waals surface area contributed by atoms with Crippen molar-refractivity contribution in [2.24, 2.45) is 0 Å². The molecule has 3 heterocycles. The molecule has 2 aromatic rings. The van der Waals surface area contributed by atoms with Gasteiger partial charge in [-0.05, 0) is 43.2 Å². The SMILES string of the molecule is COc1cc(C(=N)N2CCCC2)ccc1C1=CC(CNC(=O)c2ccc(Cl)s2)ON1. The molecule has 9 heteroatoms. The summed E-state index contributed by atoms with van der Waals surface area (Å²) in [4.78, 5) is 20.4. The Bertz CT molecular complexity index is 984. The van der Waals surface area contributed by atoms with E-state index >= 15 is 0 Å². The summed E-state index contributed by atoms with van der Waals surface area (Å²) in [6.07, 6.45) is 3.85. The molecule has 7 nitrogen and oxygen atoms in total. The molecular formula is C21H23ClN4O3S. The number of ether oxygens (including phenoxy) is 1. The van der Waals surface area contributed by atoms with E-state index in [9.17, 15) is 4.79 Å². The summed E-state index contributed by atoms with van der Waals surface area (Å²) >= 11 is 7.12. The van der Waals surface area contributed by atoms with E-state index in [2.05, 4.69) is 15.7 Å². The molecule has 0 radical (unpaired) electrons. The molecule has 3 N–H and O–H groups in total. The Kier molecular flexibility index (Phi) is 6.26. The monoisotopic (exact) mass is 446 g/mol. The van der Waals surface area contributed by atoms with E-state index in [1.807, 2.05) is 24.3 Å². The number of nitrogens with one attached hydrogen (secondary N) is 3. The minimum atomic E-state index is -0.313. The summed E-state index contributed by atoms with van der Waals surface area (Å²) in [6.45, 7) is 2.17. The number of halogens is 1. The van der Waals surface area contributed by atoms with Gasteiger partial charge in [0.15, 0.2) is 0 Å². The number of benzene rings is 1. The van der Waals surface area contributed by atoms with Crippen molar-refractivity contribution in [3.8, 4) is 5.75 Å². The molecule has 0 saturated carbocycles. The molecule has 1 unspecified atom stereocenters. The molecule has 0 spiro atoms. The summed E-state index contributed by atoms with van der Waals surface area (Å²) in [5.41, 5.74) is 5.36. The first-order valence-electron chi connectivity index (χ1n) is 9.74. The average Bonchev–Trinajstić information content (AvgIpc) is 3.52. The van der Waals surface area contributed by atoms with E-state index in [4.69, 9.17) is 26.6 Å². The van der Waals surface area contributed by atoms with Crippen molar-refractivity contribution in [3.05, 3.63) is 56.7 Å². The van der Waals surface area contributed by atoms with E-state index < -0.39 is 0 Å². The van der Waals surface area contributed by atoms with Gasteiger partial charge in [-0.2, -0.15) is 0 Å². The number of nitrogens with zero attached hydrogens (tertiary/aromatic N) is 1. The first kappa shape index (κ1) is 20.7. The molecule has 30 heavy (non-hydrogen) atoms. The summed E-state index contributed by atoms with van der Waals surface area (Å²) in [5.74, 6) is 1.01. The first-order chi connectivity index (χ1) is 14.5. The van der Waals surface area contributed by atoms with Crippen LogP contribution in [0.15, 0.2) is 36.4 Å². The maximum atomic E-state index is 12.2. The lowest BCUT2D eigenvalue weighted by molar-refractivity contribution is 0.0499. The van der Waals surface area contributed by atoms with Gasteiger partial charge < -0.3 is 15.0 Å². The molecule has 1 amide bonds. The number of hydroxylamine groups is 1. The maximum absolute atomic E-state index is 12.2. The number of amides is 1. The topological polar surface area (TPSA) is 86.7 Å². The number of thiophene rings is 1. The van der Waals surface area contributed by atoms with Crippen molar-refractivity contribution >= 4 is 40.4 Å². The predicted molar refractivity (Wildman–Crippen MR) is 118 cm³/mol.